The van der Waals surface area contributed by atoms with E-state index in [-0.39, 0.29) is 23.0 Å². The van der Waals surface area contributed by atoms with E-state index in [1.54, 1.807) is 20.8 Å². The first-order chi connectivity index (χ1) is 12.1. The maximum absolute atomic E-state index is 12.6. The molecule has 1 aromatic carbocycles. The van der Waals surface area contributed by atoms with E-state index in [1.807, 2.05) is 0 Å². The third-order valence-corrected chi connectivity index (χ3v) is 3.51. The van der Waals surface area contributed by atoms with E-state index in [9.17, 15) is 18.4 Å². The van der Waals surface area contributed by atoms with Gasteiger partial charge in [-0.3, -0.25) is 0 Å². The van der Waals surface area contributed by atoms with Crippen LogP contribution >= 0.6 is 0 Å². The molecule has 7 nitrogen and oxygen atoms in total. The molecule has 0 aromatic heterocycles. The highest BCUT2D eigenvalue weighted by Crippen LogP contribution is 2.30. The summed E-state index contributed by atoms with van der Waals surface area (Å²) >= 11 is 0. The summed E-state index contributed by atoms with van der Waals surface area (Å²) in [6, 6.07) is 3.79. The zero-order valence-corrected chi connectivity index (χ0v) is 15.0. The summed E-state index contributed by atoms with van der Waals surface area (Å²) in [5, 5.41) is 3.00. The smallest absolute Gasteiger partial charge is 0.410 e. The summed E-state index contributed by atoms with van der Waals surface area (Å²) in [6.45, 7) is 2.99. The molecule has 0 unspecified atom stereocenters. The molecule has 2 rings (SSSR count). The topological polar surface area (TPSA) is 77.1 Å². The summed E-state index contributed by atoms with van der Waals surface area (Å²) in [6.07, 6.45) is -0.442. The molecule has 0 aliphatic carbocycles. The zero-order valence-electron chi connectivity index (χ0n) is 15.0. The normalized spacial score (nSPS) is 14.7. The van der Waals surface area contributed by atoms with E-state index in [0.717, 1.165) is 0 Å². The predicted octanol–water partition coefficient (Wildman–Crippen LogP) is 3.11. The molecule has 26 heavy (non-hydrogen) atoms. The van der Waals surface area contributed by atoms with Crippen molar-refractivity contribution in [2.45, 2.75) is 39.0 Å². The van der Waals surface area contributed by atoms with Gasteiger partial charge in [-0.1, -0.05) is 0 Å². The SMILES string of the molecule is COC(=O)c1ccc(OC(F)F)c(NC2CN(C(=O)OC(C)(C)C)C2)c1. The molecule has 1 amide bonds. The molecule has 9 heteroatoms. The van der Waals surface area contributed by atoms with Gasteiger partial charge >= 0.3 is 18.7 Å². The summed E-state index contributed by atoms with van der Waals surface area (Å²) < 4.78 is 39.5. The first-order valence-electron chi connectivity index (χ1n) is 8.00. The summed E-state index contributed by atoms with van der Waals surface area (Å²) in [5.41, 5.74) is -0.176. The van der Waals surface area contributed by atoms with Gasteiger partial charge in [0, 0.05) is 13.1 Å². The van der Waals surface area contributed by atoms with Gasteiger partial charge in [-0.2, -0.15) is 8.78 Å². The van der Waals surface area contributed by atoms with Crippen LogP contribution in [0.4, 0.5) is 19.3 Å². The van der Waals surface area contributed by atoms with Gasteiger partial charge in [-0.25, -0.2) is 9.59 Å². The molecule has 0 atom stereocenters. The van der Waals surface area contributed by atoms with Gasteiger partial charge in [0.1, 0.15) is 11.4 Å². The number of carbonyl (C=O) groups excluding carboxylic acids is 2. The zero-order chi connectivity index (χ0) is 19.5. The Labute approximate surface area is 150 Å². The number of methoxy groups -OCH3 is 1. The Morgan fingerprint density at radius 3 is 2.46 bits per heavy atom. The van der Waals surface area contributed by atoms with Gasteiger partial charge in [-0.05, 0) is 39.0 Å². The Hall–Kier alpha value is -2.58. The van der Waals surface area contributed by atoms with Crippen LogP contribution in [0, 0.1) is 0 Å². The fraction of sp³-hybridized carbons (Fsp3) is 0.529. The lowest BCUT2D eigenvalue weighted by Gasteiger charge is -2.40. The standard InChI is InChI=1S/C17H22F2N2O5/c1-17(2,3)26-16(23)21-8-11(9-21)20-12-7-10(14(22)24-4)5-6-13(12)25-15(18)19/h5-7,11,15,20H,8-9H2,1-4H3. The van der Waals surface area contributed by atoms with Crippen molar-refractivity contribution in [3.8, 4) is 5.75 Å². The third-order valence-electron chi connectivity index (χ3n) is 3.51. The highest BCUT2D eigenvalue weighted by molar-refractivity contribution is 5.91. The molecule has 1 aromatic rings. The minimum atomic E-state index is -3.00. The molecular formula is C17H22F2N2O5. The van der Waals surface area contributed by atoms with Crippen molar-refractivity contribution < 1.29 is 32.6 Å². The Morgan fingerprint density at radius 1 is 1.27 bits per heavy atom. The number of nitrogens with one attached hydrogen (secondary N) is 1. The second-order valence-electron chi connectivity index (χ2n) is 6.81. The van der Waals surface area contributed by atoms with Gasteiger partial charge in [0.2, 0.25) is 0 Å². The molecule has 1 aliphatic heterocycles. The number of hydrogen-bond acceptors (Lipinski definition) is 6. The van der Waals surface area contributed by atoms with E-state index >= 15 is 0 Å². The van der Waals surface area contributed by atoms with E-state index < -0.39 is 24.3 Å². The lowest BCUT2D eigenvalue weighted by atomic mass is 10.1. The third kappa shape index (κ3) is 5.21. The number of benzene rings is 1. The first kappa shape index (κ1) is 19.7. The maximum atomic E-state index is 12.6. The molecule has 144 valence electrons. The number of likely N-dealkylation sites (tertiary alicyclic amines) is 1. The van der Waals surface area contributed by atoms with Gasteiger partial charge < -0.3 is 24.4 Å². The quantitative estimate of drug-likeness (QED) is 0.801. The molecule has 0 spiro atoms. The summed E-state index contributed by atoms with van der Waals surface area (Å²) in [5.74, 6) is -0.691. The van der Waals surface area contributed by atoms with Crippen molar-refractivity contribution >= 4 is 17.7 Å². The maximum Gasteiger partial charge on any atom is 0.410 e. The number of rotatable bonds is 5. The minimum absolute atomic E-state index is 0.0941. The fourth-order valence-electron chi connectivity index (χ4n) is 2.35. The van der Waals surface area contributed by atoms with E-state index in [4.69, 9.17) is 4.74 Å². The second-order valence-corrected chi connectivity index (χ2v) is 6.81. The number of amides is 1. The molecule has 1 heterocycles. The number of esters is 1. The van der Waals surface area contributed by atoms with Crippen molar-refractivity contribution in [3.63, 3.8) is 0 Å². The molecule has 1 saturated heterocycles. The van der Waals surface area contributed by atoms with Crippen molar-refractivity contribution in [2.24, 2.45) is 0 Å². The molecule has 0 saturated carbocycles. The first-order valence-corrected chi connectivity index (χ1v) is 8.00. The monoisotopic (exact) mass is 372 g/mol. The minimum Gasteiger partial charge on any atom is -0.465 e. The number of halogens is 2. The van der Waals surface area contributed by atoms with Crippen LogP contribution in [0.1, 0.15) is 31.1 Å². The highest BCUT2D eigenvalue weighted by atomic mass is 19.3. The Kier molecular flexibility index (Phi) is 5.89. The van der Waals surface area contributed by atoms with Crippen LogP contribution in [0.3, 0.4) is 0 Å². The number of carbonyl (C=O) groups is 2. The Morgan fingerprint density at radius 2 is 1.92 bits per heavy atom. The number of alkyl halides is 2. The van der Waals surface area contributed by atoms with Crippen molar-refractivity contribution in [1.82, 2.24) is 4.90 Å². The second kappa shape index (κ2) is 7.76. The van der Waals surface area contributed by atoms with Crippen LogP contribution < -0.4 is 10.1 Å². The van der Waals surface area contributed by atoms with Crippen LogP contribution in [0.25, 0.3) is 0 Å². The molecule has 1 fully saturated rings. The lowest BCUT2D eigenvalue weighted by Crippen LogP contribution is -2.57. The van der Waals surface area contributed by atoms with Gasteiger partial charge in [-0.15, -0.1) is 0 Å². The average molecular weight is 372 g/mol. The van der Waals surface area contributed by atoms with Crippen LogP contribution in [-0.2, 0) is 9.47 Å². The fourth-order valence-corrected chi connectivity index (χ4v) is 2.35. The van der Waals surface area contributed by atoms with Crippen LogP contribution in [0.15, 0.2) is 18.2 Å². The molecule has 1 N–H and O–H groups in total. The van der Waals surface area contributed by atoms with E-state index in [0.29, 0.717) is 13.1 Å². The Balaban J connectivity index is 2.04. The predicted molar refractivity (Wildman–Crippen MR) is 89.6 cm³/mol. The number of nitrogens with zero attached hydrogens (tertiary/aromatic N) is 1. The number of ether oxygens (including phenoxy) is 3. The van der Waals surface area contributed by atoms with Crippen molar-refractivity contribution in [1.29, 1.82) is 0 Å². The van der Waals surface area contributed by atoms with Crippen molar-refractivity contribution in [3.05, 3.63) is 23.8 Å². The molecule has 0 bridgehead atoms. The van der Waals surface area contributed by atoms with Gasteiger partial charge in [0.15, 0.2) is 0 Å². The number of anilines is 1. The largest absolute Gasteiger partial charge is 0.465 e. The van der Waals surface area contributed by atoms with Crippen LogP contribution in [-0.4, -0.2) is 55.4 Å². The van der Waals surface area contributed by atoms with Crippen LogP contribution in [0.5, 0.6) is 5.75 Å². The number of hydrogen-bond donors (Lipinski definition) is 1. The summed E-state index contributed by atoms with van der Waals surface area (Å²) in [7, 11) is 1.23. The van der Waals surface area contributed by atoms with E-state index in [2.05, 4.69) is 14.8 Å². The van der Waals surface area contributed by atoms with Crippen molar-refractivity contribution in [2.75, 3.05) is 25.5 Å². The molecule has 1 aliphatic rings. The van der Waals surface area contributed by atoms with Gasteiger partial charge in [0.25, 0.3) is 0 Å². The Bertz CT molecular complexity index is 670. The summed E-state index contributed by atoms with van der Waals surface area (Å²) in [4.78, 5) is 25.0. The average Bonchev–Trinajstić information content (AvgIpc) is 2.48. The van der Waals surface area contributed by atoms with E-state index in [1.165, 1.54) is 30.2 Å². The lowest BCUT2D eigenvalue weighted by molar-refractivity contribution is -0.0494. The molecule has 0 radical (unpaired) electrons. The van der Waals surface area contributed by atoms with Crippen LogP contribution in [0.2, 0.25) is 0 Å². The highest BCUT2D eigenvalue weighted by Gasteiger charge is 2.34. The van der Waals surface area contributed by atoms with Gasteiger partial charge in [0.05, 0.1) is 24.4 Å². The molecular weight excluding hydrogens is 350 g/mol.